The Morgan fingerprint density at radius 3 is 1.42 bits per heavy atom. The summed E-state index contributed by atoms with van der Waals surface area (Å²) >= 11 is 0. The zero-order valence-corrected chi connectivity index (χ0v) is 22.6. The van der Waals surface area contributed by atoms with E-state index < -0.39 is 0 Å². The van der Waals surface area contributed by atoms with Crippen molar-refractivity contribution in [3.05, 3.63) is 132 Å². The molecule has 0 aliphatic heterocycles. The first-order valence-electron chi connectivity index (χ1n) is 13.5. The van der Waals surface area contributed by atoms with Crippen molar-refractivity contribution >= 4 is 21.8 Å². The van der Waals surface area contributed by atoms with E-state index in [9.17, 15) is 15.8 Å². The standard InChI is InChI=1S/C36H19N7/c37-20-23-11-15-31-29(17-23)30-18-24(21-38)12-16-32(30)43(31)33-19-27(13-14-28(33)22-39)36-41-34(25-7-3-1-4-8-25)40-35(42-36)26-9-5-2-6-10-26/h1-19H. The molecule has 43 heavy (non-hydrogen) atoms. The molecule has 0 aliphatic rings. The zero-order valence-electron chi connectivity index (χ0n) is 22.6. The summed E-state index contributed by atoms with van der Waals surface area (Å²) in [5, 5.41) is 31.0. The van der Waals surface area contributed by atoms with Crippen molar-refractivity contribution in [2.45, 2.75) is 0 Å². The Morgan fingerprint density at radius 2 is 0.953 bits per heavy atom. The van der Waals surface area contributed by atoms with Gasteiger partial charge in [0.2, 0.25) is 0 Å². The molecule has 2 heterocycles. The molecule has 0 saturated heterocycles. The summed E-state index contributed by atoms with van der Waals surface area (Å²) in [4.78, 5) is 14.5. The molecular weight excluding hydrogens is 530 g/mol. The first kappa shape index (κ1) is 25.4. The van der Waals surface area contributed by atoms with Gasteiger partial charge in [0.25, 0.3) is 0 Å². The fourth-order valence-corrected chi connectivity index (χ4v) is 5.31. The lowest BCUT2D eigenvalue weighted by Crippen LogP contribution is -2.02. The van der Waals surface area contributed by atoms with Crippen LogP contribution in [0.1, 0.15) is 16.7 Å². The van der Waals surface area contributed by atoms with Gasteiger partial charge in [0.05, 0.1) is 45.5 Å². The van der Waals surface area contributed by atoms with Crippen molar-refractivity contribution in [2.75, 3.05) is 0 Å². The molecule has 7 aromatic rings. The second-order valence-electron chi connectivity index (χ2n) is 9.90. The topological polar surface area (TPSA) is 115 Å². The highest BCUT2D eigenvalue weighted by atomic mass is 15.0. The maximum Gasteiger partial charge on any atom is 0.164 e. The molecule has 0 fully saturated rings. The number of hydrogen-bond donors (Lipinski definition) is 0. The number of nitriles is 3. The third-order valence-electron chi connectivity index (χ3n) is 7.34. The van der Waals surface area contributed by atoms with Gasteiger partial charge in [0, 0.05) is 27.5 Å². The van der Waals surface area contributed by atoms with Crippen molar-refractivity contribution in [3.63, 3.8) is 0 Å². The van der Waals surface area contributed by atoms with Crippen molar-refractivity contribution in [1.82, 2.24) is 19.5 Å². The summed E-state index contributed by atoms with van der Waals surface area (Å²) in [6.07, 6.45) is 0. The second kappa shape index (κ2) is 10.4. The quantitative estimate of drug-likeness (QED) is 0.223. The molecule has 7 heteroatoms. The lowest BCUT2D eigenvalue weighted by atomic mass is 10.1. The van der Waals surface area contributed by atoms with E-state index in [-0.39, 0.29) is 0 Å². The minimum absolute atomic E-state index is 0.455. The Morgan fingerprint density at radius 1 is 0.465 bits per heavy atom. The van der Waals surface area contributed by atoms with Crippen LogP contribution in [0.15, 0.2) is 115 Å². The summed E-state index contributed by atoms with van der Waals surface area (Å²) < 4.78 is 1.99. The van der Waals surface area contributed by atoms with Crippen LogP contribution in [0.4, 0.5) is 0 Å². The highest BCUT2D eigenvalue weighted by molar-refractivity contribution is 6.10. The van der Waals surface area contributed by atoms with Crippen LogP contribution >= 0.6 is 0 Å². The van der Waals surface area contributed by atoms with Gasteiger partial charge in [0.15, 0.2) is 17.5 Å². The molecule has 2 aromatic heterocycles. The Balaban J connectivity index is 1.50. The minimum Gasteiger partial charge on any atom is -0.308 e. The zero-order chi connectivity index (χ0) is 29.3. The SMILES string of the molecule is N#Cc1ccc2c(c1)c1cc(C#N)ccc1n2-c1cc(-c2nc(-c3ccccc3)nc(-c3ccccc3)n2)ccc1C#N. The molecule has 0 N–H and O–H groups in total. The van der Waals surface area contributed by atoms with Gasteiger partial charge < -0.3 is 4.57 Å². The summed E-state index contributed by atoms with van der Waals surface area (Å²) in [7, 11) is 0. The van der Waals surface area contributed by atoms with Crippen molar-refractivity contribution < 1.29 is 0 Å². The number of benzene rings is 5. The normalized spacial score (nSPS) is 10.7. The van der Waals surface area contributed by atoms with Gasteiger partial charge in [-0.3, -0.25) is 0 Å². The van der Waals surface area contributed by atoms with Gasteiger partial charge in [-0.1, -0.05) is 60.7 Å². The second-order valence-corrected chi connectivity index (χ2v) is 9.90. The van der Waals surface area contributed by atoms with Gasteiger partial charge in [0.1, 0.15) is 6.07 Å². The number of fused-ring (bicyclic) bond motifs is 3. The Bertz CT molecular complexity index is 2190. The molecule has 0 radical (unpaired) electrons. The smallest absolute Gasteiger partial charge is 0.164 e. The maximum absolute atomic E-state index is 10.2. The largest absolute Gasteiger partial charge is 0.308 e. The fraction of sp³-hybridized carbons (Fsp3) is 0. The molecule has 0 bridgehead atoms. The number of rotatable bonds is 4. The first-order chi connectivity index (χ1) is 21.2. The molecule has 5 aromatic carbocycles. The van der Waals surface area contributed by atoms with E-state index in [2.05, 4.69) is 18.2 Å². The Hall–Kier alpha value is -6.62. The van der Waals surface area contributed by atoms with Gasteiger partial charge in [-0.15, -0.1) is 0 Å². The van der Waals surface area contributed by atoms with Crippen LogP contribution in [0, 0.1) is 34.0 Å². The van der Waals surface area contributed by atoms with E-state index >= 15 is 0 Å². The molecule has 7 rings (SSSR count). The van der Waals surface area contributed by atoms with Crippen LogP contribution in [0.25, 0.3) is 61.7 Å². The summed E-state index contributed by atoms with van der Waals surface area (Å²) in [6.45, 7) is 0. The van der Waals surface area contributed by atoms with Gasteiger partial charge in [-0.25, -0.2) is 15.0 Å². The number of aromatic nitrogens is 4. The molecule has 198 valence electrons. The summed E-state index contributed by atoms with van der Waals surface area (Å²) in [5.41, 5.74) is 6.16. The first-order valence-corrected chi connectivity index (χ1v) is 13.5. The number of nitrogens with zero attached hydrogens (tertiary/aromatic N) is 7. The third-order valence-corrected chi connectivity index (χ3v) is 7.34. The molecule has 0 amide bonds. The monoisotopic (exact) mass is 549 g/mol. The average molecular weight is 550 g/mol. The van der Waals surface area contributed by atoms with Crippen LogP contribution in [0.3, 0.4) is 0 Å². The molecule has 7 nitrogen and oxygen atoms in total. The average Bonchev–Trinajstić information content (AvgIpc) is 3.41. The Labute approximate surface area is 246 Å². The number of hydrogen-bond acceptors (Lipinski definition) is 6. The maximum atomic E-state index is 10.2. The van der Waals surface area contributed by atoms with Crippen LogP contribution in [0.2, 0.25) is 0 Å². The highest BCUT2D eigenvalue weighted by Crippen LogP contribution is 2.36. The summed E-state index contributed by atoms with van der Waals surface area (Å²) in [5.74, 6) is 1.55. The fourth-order valence-electron chi connectivity index (χ4n) is 5.31. The lowest BCUT2D eigenvalue weighted by molar-refractivity contribution is 1.07. The van der Waals surface area contributed by atoms with Crippen LogP contribution in [-0.4, -0.2) is 19.5 Å². The highest BCUT2D eigenvalue weighted by Gasteiger charge is 2.19. The summed E-state index contributed by atoms with van der Waals surface area (Å²) in [6, 6.07) is 42.6. The van der Waals surface area contributed by atoms with Crippen molar-refractivity contribution in [2.24, 2.45) is 0 Å². The third kappa shape index (κ3) is 4.43. The predicted molar refractivity (Wildman–Crippen MR) is 165 cm³/mol. The van der Waals surface area contributed by atoms with Gasteiger partial charge in [-0.2, -0.15) is 15.8 Å². The van der Waals surface area contributed by atoms with E-state index in [1.165, 1.54) is 0 Å². The molecule has 0 unspecified atom stereocenters. The molecular formula is C36H19N7. The van der Waals surface area contributed by atoms with E-state index in [1.54, 1.807) is 18.2 Å². The molecule has 0 aliphatic carbocycles. The van der Waals surface area contributed by atoms with E-state index in [1.807, 2.05) is 102 Å². The predicted octanol–water partition coefficient (Wildman–Crippen LogP) is 7.58. The molecule has 0 atom stereocenters. The molecule has 0 spiro atoms. The van der Waals surface area contributed by atoms with Crippen molar-refractivity contribution in [3.8, 4) is 58.1 Å². The van der Waals surface area contributed by atoms with E-state index in [0.29, 0.717) is 45.4 Å². The van der Waals surface area contributed by atoms with E-state index in [4.69, 9.17) is 15.0 Å². The molecule has 0 saturated carbocycles. The Kier molecular flexibility index (Phi) is 6.14. The van der Waals surface area contributed by atoms with Crippen LogP contribution < -0.4 is 0 Å². The van der Waals surface area contributed by atoms with Gasteiger partial charge >= 0.3 is 0 Å². The lowest BCUT2D eigenvalue weighted by Gasteiger charge is -2.13. The van der Waals surface area contributed by atoms with Crippen molar-refractivity contribution in [1.29, 1.82) is 15.8 Å². The van der Waals surface area contributed by atoms with Crippen LogP contribution in [-0.2, 0) is 0 Å². The van der Waals surface area contributed by atoms with Gasteiger partial charge in [-0.05, 0) is 54.6 Å². The van der Waals surface area contributed by atoms with Crippen LogP contribution in [0.5, 0.6) is 0 Å². The van der Waals surface area contributed by atoms with E-state index in [0.717, 1.165) is 32.9 Å². The minimum atomic E-state index is 0.455.